The van der Waals surface area contributed by atoms with Gasteiger partial charge in [0, 0.05) is 17.7 Å². The molecule has 0 fully saturated rings. The fourth-order valence-electron chi connectivity index (χ4n) is 4.90. The Morgan fingerprint density at radius 1 is 1.03 bits per heavy atom. The molecule has 2 aromatic carbocycles. The number of nitrogens with zero attached hydrogens (tertiary/aromatic N) is 2. The van der Waals surface area contributed by atoms with Gasteiger partial charge in [0.15, 0.2) is 0 Å². The molecule has 1 aliphatic rings. The third kappa shape index (κ3) is 4.57. The zero-order valence-electron chi connectivity index (χ0n) is 22.0. The highest BCUT2D eigenvalue weighted by atomic mass is 16.5. The minimum Gasteiger partial charge on any atom is -0.489 e. The minimum absolute atomic E-state index is 0.101. The van der Waals surface area contributed by atoms with Crippen LogP contribution in [-0.4, -0.2) is 31.9 Å². The van der Waals surface area contributed by atoms with E-state index >= 15 is 0 Å². The highest BCUT2D eigenvalue weighted by Gasteiger charge is 2.43. The van der Waals surface area contributed by atoms with Gasteiger partial charge in [0.1, 0.15) is 17.8 Å². The van der Waals surface area contributed by atoms with Crippen molar-refractivity contribution in [3.05, 3.63) is 98.9 Å². The molecule has 1 unspecified atom stereocenters. The molecule has 0 radical (unpaired) electrons. The van der Waals surface area contributed by atoms with Crippen molar-refractivity contribution in [1.82, 2.24) is 9.78 Å². The van der Waals surface area contributed by atoms with Crippen molar-refractivity contribution in [3.8, 4) is 11.4 Å². The molecule has 1 aromatic heterocycles. The Bertz CT molecular complexity index is 1480. The lowest BCUT2D eigenvalue weighted by Gasteiger charge is -2.32. The highest BCUT2D eigenvalue weighted by Crippen LogP contribution is 2.41. The van der Waals surface area contributed by atoms with Crippen LogP contribution < -0.4 is 4.74 Å². The number of carboxylic acid groups (broad SMARTS) is 2. The number of rotatable bonds is 7. The Morgan fingerprint density at radius 2 is 1.76 bits per heavy atom. The number of aliphatic carboxylic acids is 2. The van der Waals surface area contributed by atoms with Gasteiger partial charge >= 0.3 is 11.9 Å². The standard InChI is InChI=1S/C30H32N2O5/c1-17-8-7-9-26(30(29(35)36)13-12-18(2)24(15-30)28(33)34)25(17)16-37-27-11-10-23(14-19(27)3)32-22(6)20(4)21(5)31-32/h7-14H,15-16H2,1-6H3,(H,33,34)(H,35,36). The van der Waals surface area contributed by atoms with Gasteiger partial charge in [-0.25, -0.2) is 9.48 Å². The second kappa shape index (κ2) is 9.73. The summed E-state index contributed by atoms with van der Waals surface area (Å²) in [5.74, 6) is -1.52. The lowest BCUT2D eigenvalue weighted by atomic mass is 9.69. The molecular weight excluding hydrogens is 468 g/mol. The first kappa shape index (κ1) is 25.9. The predicted octanol–water partition coefficient (Wildman–Crippen LogP) is 5.68. The van der Waals surface area contributed by atoms with Crippen molar-refractivity contribution >= 4 is 11.9 Å². The van der Waals surface area contributed by atoms with E-state index in [1.807, 2.05) is 56.6 Å². The number of ether oxygens (including phenoxy) is 1. The SMILES string of the molecule is CC1=C(C(=O)O)CC(C(=O)O)(c2cccc(C)c2COc2ccc(-n3nc(C)c(C)c3C)cc2C)C=C1. The Hall–Kier alpha value is -4.13. The number of carbonyl (C=O) groups is 2. The molecule has 2 N–H and O–H groups in total. The second-order valence-corrected chi connectivity index (χ2v) is 9.80. The number of hydrogen-bond donors (Lipinski definition) is 2. The molecule has 1 aliphatic carbocycles. The van der Waals surface area contributed by atoms with Gasteiger partial charge in [-0.05, 0) is 93.1 Å². The quantitative estimate of drug-likeness (QED) is 0.433. The van der Waals surface area contributed by atoms with Crippen LogP contribution >= 0.6 is 0 Å². The van der Waals surface area contributed by atoms with Crippen LogP contribution in [0.1, 0.15) is 52.5 Å². The molecule has 0 saturated carbocycles. The normalized spacial score (nSPS) is 17.2. The summed E-state index contributed by atoms with van der Waals surface area (Å²) in [5.41, 5.74) is 6.41. The van der Waals surface area contributed by atoms with Gasteiger partial charge in [-0.15, -0.1) is 0 Å². The van der Waals surface area contributed by atoms with E-state index in [0.717, 1.165) is 39.3 Å². The average Bonchev–Trinajstić information content (AvgIpc) is 3.11. The fraction of sp³-hybridized carbons (Fsp3) is 0.300. The monoisotopic (exact) mass is 500 g/mol. The lowest BCUT2D eigenvalue weighted by Crippen LogP contribution is -2.38. The van der Waals surface area contributed by atoms with Crippen LogP contribution in [0.5, 0.6) is 5.75 Å². The van der Waals surface area contributed by atoms with Crippen molar-refractivity contribution in [2.24, 2.45) is 0 Å². The van der Waals surface area contributed by atoms with E-state index in [1.54, 1.807) is 31.2 Å². The average molecular weight is 501 g/mol. The highest BCUT2D eigenvalue weighted by molar-refractivity contribution is 5.94. The Kier molecular flexibility index (Phi) is 6.82. The molecule has 0 amide bonds. The summed E-state index contributed by atoms with van der Waals surface area (Å²) in [5, 5.41) is 24.7. The maximum atomic E-state index is 12.7. The number of hydrogen-bond acceptors (Lipinski definition) is 4. The van der Waals surface area contributed by atoms with E-state index < -0.39 is 17.4 Å². The van der Waals surface area contributed by atoms with Gasteiger partial charge in [-0.1, -0.05) is 30.4 Å². The zero-order valence-corrected chi connectivity index (χ0v) is 22.0. The molecule has 0 aliphatic heterocycles. The Morgan fingerprint density at radius 3 is 2.35 bits per heavy atom. The first-order valence-corrected chi connectivity index (χ1v) is 12.2. The number of allylic oxidation sites excluding steroid dienone is 2. The zero-order chi connectivity index (χ0) is 27.1. The number of aromatic nitrogens is 2. The molecule has 0 bridgehead atoms. The molecule has 0 saturated heterocycles. The molecule has 0 spiro atoms. The second-order valence-electron chi connectivity index (χ2n) is 9.80. The van der Waals surface area contributed by atoms with Crippen molar-refractivity contribution in [2.75, 3.05) is 0 Å². The smallest absolute Gasteiger partial charge is 0.331 e. The van der Waals surface area contributed by atoms with Crippen molar-refractivity contribution in [3.63, 3.8) is 0 Å². The van der Waals surface area contributed by atoms with Gasteiger partial charge in [-0.3, -0.25) is 4.79 Å². The summed E-state index contributed by atoms with van der Waals surface area (Å²) in [6.07, 6.45) is 3.07. The molecule has 7 nitrogen and oxygen atoms in total. The molecule has 3 aromatic rings. The molecule has 1 heterocycles. The molecular formula is C30H32N2O5. The van der Waals surface area contributed by atoms with Crippen molar-refractivity contribution in [2.45, 2.75) is 60.0 Å². The van der Waals surface area contributed by atoms with E-state index in [9.17, 15) is 19.8 Å². The largest absolute Gasteiger partial charge is 0.489 e. The van der Waals surface area contributed by atoms with Crippen LogP contribution in [0, 0.1) is 34.6 Å². The summed E-state index contributed by atoms with van der Waals surface area (Å²) >= 11 is 0. The van der Waals surface area contributed by atoms with E-state index in [0.29, 0.717) is 16.9 Å². The van der Waals surface area contributed by atoms with Crippen LogP contribution in [0.3, 0.4) is 0 Å². The van der Waals surface area contributed by atoms with E-state index in [2.05, 4.69) is 12.0 Å². The molecule has 7 heteroatoms. The van der Waals surface area contributed by atoms with Crippen LogP contribution in [0.2, 0.25) is 0 Å². The third-order valence-electron chi connectivity index (χ3n) is 7.51. The van der Waals surface area contributed by atoms with Gasteiger partial charge < -0.3 is 14.9 Å². The van der Waals surface area contributed by atoms with Crippen LogP contribution in [0.15, 0.2) is 59.7 Å². The molecule has 1 atom stereocenters. The predicted molar refractivity (Wildman–Crippen MR) is 141 cm³/mol. The number of carboxylic acids is 2. The summed E-state index contributed by atoms with van der Waals surface area (Å²) in [6, 6.07) is 11.3. The Labute approximate surface area is 216 Å². The number of benzene rings is 2. The fourth-order valence-corrected chi connectivity index (χ4v) is 4.90. The van der Waals surface area contributed by atoms with Crippen molar-refractivity contribution in [1.29, 1.82) is 0 Å². The maximum Gasteiger partial charge on any atom is 0.331 e. The van der Waals surface area contributed by atoms with Gasteiger partial charge in [0.25, 0.3) is 0 Å². The lowest BCUT2D eigenvalue weighted by molar-refractivity contribution is -0.142. The van der Waals surface area contributed by atoms with Gasteiger partial charge in [0.2, 0.25) is 0 Å². The first-order valence-electron chi connectivity index (χ1n) is 12.2. The maximum absolute atomic E-state index is 12.7. The Balaban J connectivity index is 1.68. The summed E-state index contributed by atoms with van der Waals surface area (Å²) in [4.78, 5) is 24.5. The topological polar surface area (TPSA) is 102 Å². The molecule has 4 rings (SSSR count). The van der Waals surface area contributed by atoms with Crippen LogP contribution in [-0.2, 0) is 21.6 Å². The molecule has 37 heavy (non-hydrogen) atoms. The summed E-state index contributed by atoms with van der Waals surface area (Å²) in [6.45, 7) is 11.8. The first-order chi connectivity index (χ1) is 17.5. The van der Waals surface area contributed by atoms with Crippen molar-refractivity contribution < 1.29 is 24.5 Å². The van der Waals surface area contributed by atoms with Gasteiger partial charge in [-0.2, -0.15) is 5.10 Å². The van der Waals surface area contributed by atoms with E-state index in [1.165, 1.54) is 0 Å². The van der Waals surface area contributed by atoms with Crippen LogP contribution in [0.25, 0.3) is 5.69 Å². The van der Waals surface area contributed by atoms with Crippen LogP contribution in [0.4, 0.5) is 0 Å². The van der Waals surface area contributed by atoms with E-state index in [-0.39, 0.29) is 18.6 Å². The third-order valence-corrected chi connectivity index (χ3v) is 7.51. The minimum atomic E-state index is -1.50. The van der Waals surface area contributed by atoms with Gasteiger partial charge in [0.05, 0.1) is 11.4 Å². The summed E-state index contributed by atoms with van der Waals surface area (Å²) < 4.78 is 8.15. The van der Waals surface area contributed by atoms with E-state index in [4.69, 9.17) is 4.74 Å². The number of aryl methyl sites for hydroxylation is 3. The summed E-state index contributed by atoms with van der Waals surface area (Å²) in [7, 11) is 0. The molecule has 192 valence electrons.